The molecule has 0 aromatic heterocycles. The number of benzene rings is 2. The molecule has 0 atom stereocenters. The van der Waals surface area contributed by atoms with Crippen molar-refractivity contribution >= 4 is 17.8 Å². The zero-order chi connectivity index (χ0) is 18.7. The highest BCUT2D eigenvalue weighted by Crippen LogP contribution is 2.10. The van der Waals surface area contributed by atoms with E-state index in [-0.39, 0.29) is 11.6 Å². The third-order valence-electron chi connectivity index (χ3n) is 2.82. The minimum absolute atomic E-state index is 0.0614. The summed E-state index contributed by atoms with van der Waals surface area (Å²) in [6.45, 7) is 1.31. The topological polar surface area (TPSA) is 125 Å². The van der Waals surface area contributed by atoms with Crippen molar-refractivity contribution in [3.8, 4) is 0 Å². The maximum absolute atomic E-state index is 10.5. The molecule has 0 spiro atoms. The number of primary amides is 1. The molecule has 7 heteroatoms. The molecular formula is C18H20N4O3. The van der Waals surface area contributed by atoms with Gasteiger partial charge in [-0.05, 0) is 23.3 Å². The predicted octanol–water partition coefficient (Wildman–Crippen LogP) is 2.55. The molecule has 25 heavy (non-hydrogen) atoms. The summed E-state index contributed by atoms with van der Waals surface area (Å²) < 4.78 is 0. The Kier molecular flexibility index (Phi) is 8.08. The normalized spacial score (nSPS) is 10.8. The molecule has 0 bridgehead atoms. The van der Waals surface area contributed by atoms with Crippen LogP contribution >= 0.6 is 0 Å². The Bertz CT molecular complexity index is 750. The van der Waals surface area contributed by atoms with E-state index in [9.17, 15) is 14.9 Å². The SMILES string of the molecule is CC(N)=O.N/C(=C\N=Cc1ccc([N+](=O)[O-])cc1)Cc1ccccc1. The molecule has 7 nitrogen and oxygen atoms in total. The van der Waals surface area contributed by atoms with E-state index < -0.39 is 4.92 Å². The fourth-order valence-electron chi connectivity index (χ4n) is 1.78. The Balaban J connectivity index is 0.000000705. The van der Waals surface area contributed by atoms with Crippen molar-refractivity contribution in [1.29, 1.82) is 0 Å². The first kappa shape index (κ1) is 19.6. The van der Waals surface area contributed by atoms with Crippen molar-refractivity contribution in [3.63, 3.8) is 0 Å². The number of hydrogen-bond acceptors (Lipinski definition) is 5. The molecule has 0 saturated heterocycles. The number of nitro benzene ring substituents is 1. The largest absolute Gasteiger partial charge is 0.401 e. The smallest absolute Gasteiger partial charge is 0.269 e. The van der Waals surface area contributed by atoms with Crippen LogP contribution in [0.5, 0.6) is 0 Å². The molecule has 0 saturated carbocycles. The fraction of sp³-hybridized carbons (Fsp3) is 0.111. The summed E-state index contributed by atoms with van der Waals surface area (Å²) >= 11 is 0. The molecular weight excluding hydrogens is 320 g/mol. The van der Waals surface area contributed by atoms with Crippen LogP contribution < -0.4 is 11.5 Å². The van der Waals surface area contributed by atoms with Crippen molar-refractivity contribution in [2.45, 2.75) is 13.3 Å². The third kappa shape index (κ3) is 8.65. The first-order valence-electron chi connectivity index (χ1n) is 7.40. The summed E-state index contributed by atoms with van der Waals surface area (Å²) in [5.74, 6) is -0.333. The molecule has 0 aliphatic rings. The maximum Gasteiger partial charge on any atom is 0.269 e. The highest BCUT2D eigenvalue weighted by molar-refractivity contribution is 5.80. The van der Waals surface area contributed by atoms with E-state index in [0.717, 1.165) is 11.1 Å². The van der Waals surface area contributed by atoms with Gasteiger partial charge in [0.1, 0.15) is 0 Å². The number of carbonyl (C=O) groups is 1. The number of hydrogen-bond donors (Lipinski definition) is 2. The zero-order valence-corrected chi connectivity index (χ0v) is 13.8. The van der Waals surface area contributed by atoms with Crippen LogP contribution in [-0.2, 0) is 11.2 Å². The lowest BCUT2D eigenvalue weighted by molar-refractivity contribution is -0.384. The minimum atomic E-state index is -0.432. The van der Waals surface area contributed by atoms with Gasteiger partial charge in [0.05, 0.1) is 4.92 Å². The van der Waals surface area contributed by atoms with Gasteiger partial charge in [0.25, 0.3) is 5.69 Å². The molecule has 0 aliphatic heterocycles. The van der Waals surface area contributed by atoms with E-state index in [1.165, 1.54) is 19.1 Å². The van der Waals surface area contributed by atoms with E-state index in [1.807, 2.05) is 30.3 Å². The van der Waals surface area contributed by atoms with Crippen molar-refractivity contribution in [3.05, 3.63) is 87.7 Å². The van der Waals surface area contributed by atoms with Crippen molar-refractivity contribution in [2.24, 2.45) is 16.5 Å². The summed E-state index contributed by atoms with van der Waals surface area (Å²) in [6.07, 6.45) is 3.84. The molecule has 2 rings (SSSR count). The monoisotopic (exact) mass is 340 g/mol. The van der Waals surface area contributed by atoms with Gasteiger partial charge in [-0.25, -0.2) is 0 Å². The quantitative estimate of drug-likeness (QED) is 0.493. The maximum atomic E-state index is 10.5. The number of allylic oxidation sites excluding steroid dienone is 1. The Hall–Kier alpha value is -3.48. The van der Waals surface area contributed by atoms with E-state index in [0.29, 0.717) is 12.1 Å². The molecule has 0 unspecified atom stereocenters. The number of rotatable bonds is 5. The van der Waals surface area contributed by atoms with Crippen LogP contribution in [0, 0.1) is 10.1 Å². The number of nitro groups is 1. The minimum Gasteiger partial charge on any atom is -0.401 e. The summed E-state index contributed by atoms with van der Waals surface area (Å²) in [7, 11) is 0. The second kappa shape index (κ2) is 10.3. The second-order valence-electron chi connectivity index (χ2n) is 5.10. The first-order chi connectivity index (χ1) is 11.9. The second-order valence-corrected chi connectivity index (χ2v) is 5.10. The number of nitrogens with zero attached hydrogens (tertiary/aromatic N) is 2. The average Bonchev–Trinajstić information content (AvgIpc) is 2.55. The molecule has 0 radical (unpaired) electrons. The summed E-state index contributed by atoms with van der Waals surface area (Å²) in [6, 6.07) is 16.0. The standard InChI is InChI=1S/C16H15N3O2.C2H5NO/c17-15(10-13-4-2-1-3-5-13)12-18-11-14-6-8-16(9-7-14)19(20)21;1-2(3)4/h1-9,11-12H,10,17H2;1H3,(H2,3,4)/b15-12-,18-11?;. The van der Waals surface area contributed by atoms with E-state index in [1.54, 1.807) is 24.5 Å². The number of amides is 1. The molecule has 1 amide bonds. The highest BCUT2D eigenvalue weighted by atomic mass is 16.6. The fourth-order valence-corrected chi connectivity index (χ4v) is 1.78. The molecule has 2 aromatic carbocycles. The van der Waals surface area contributed by atoms with Gasteiger partial charge in [0.15, 0.2) is 0 Å². The van der Waals surface area contributed by atoms with E-state index in [2.05, 4.69) is 10.7 Å². The van der Waals surface area contributed by atoms with Crippen LogP contribution in [0.1, 0.15) is 18.1 Å². The van der Waals surface area contributed by atoms with E-state index >= 15 is 0 Å². The average molecular weight is 340 g/mol. The van der Waals surface area contributed by atoms with Crippen LogP contribution in [0.15, 0.2) is 71.5 Å². The molecule has 4 N–H and O–H groups in total. The first-order valence-corrected chi connectivity index (χ1v) is 7.40. The van der Waals surface area contributed by atoms with Crippen molar-refractivity contribution in [1.82, 2.24) is 0 Å². The van der Waals surface area contributed by atoms with Gasteiger partial charge in [-0.1, -0.05) is 30.3 Å². The molecule has 2 aromatic rings. The molecule has 0 heterocycles. The van der Waals surface area contributed by atoms with Gasteiger partial charge < -0.3 is 11.5 Å². The van der Waals surface area contributed by atoms with Crippen molar-refractivity contribution < 1.29 is 9.72 Å². The third-order valence-corrected chi connectivity index (χ3v) is 2.82. The van der Waals surface area contributed by atoms with Gasteiger partial charge in [0, 0.05) is 43.6 Å². The molecule has 130 valence electrons. The van der Waals surface area contributed by atoms with Gasteiger partial charge in [-0.3, -0.25) is 19.9 Å². The lowest BCUT2D eigenvalue weighted by Crippen LogP contribution is -2.01. The van der Waals surface area contributed by atoms with Crippen LogP contribution in [0.2, 0.25) is 0 Å². The van der Waals surface area contributed by atoms with Gasteiger partial charge in [0.2, 0.25) is 5.91 Å². The van der Waals surface area contributed by atoms with Crippen LogP contribution in [0.3, 0.4) is 0 Å². The summed E-state index contributed by atoms with van der Waals surface area (Å²) in [4.78, 5) is 23.5. The van der Waals surface area contributed by atoms with Crippen LogP contribution in [0.25, 0.3) is 0 Å². The van der Waals surface area contributed by atoms with Crippen LogP contribution in [0.4, 0.5) is 5.69 Å². The van der Waals surface area contributed by atoms with Crippen LogP contribution in [-0.4, -0.2) is 17.0 Å². The number of non-ortho nitro benzene ring substituents is 1. The number of carbonyl (C=O) groups excluding carboxylic acids is 1. The van der Waals surface area contributed by atoms with Gasteiger partial charge in [-0.15, -0.1) is 0 Å². The Morgan fingerprint density at radius 3 is 2.20 bits per heavy atom. The Morgan fingerprint density at radius 2 is 1.68 bits per heavy atom. The van der Waals surface area contributed by atoms with Gasteiger partial charge in [-0.2, -0.15) is 0 Å². The van der Waals surface area contributed by atoms with Gasteiger partial charge >= 0.3 is 0 Å². The summed E-state index contributed by atoms with van der Waals surface area (Å²) in [5.41, 5.74) is 13.0. The Morgan fingerprint density at radius 1 is 1.12 bits per heavy atom. The predicted molar refractivity (Wildman–Crippen MR) is 98.0 cm³/mol. The summed E-state index contributed by atoms with van der Waals surface area (Å²) in [5, 5.41) is 10.5. The zero-order valence-electron chi connectivity index (χ0n) is 13.8. The highest BCUT2D eigenvalue weighted by Gasteiger charge is 2.02. The van der Waals surface area contributed by atoms with Crippen molar-refractivity contribution in [2.75, 3.05) is 0 Å². The number of aliphatic imine (C=N–C) groups is 1. The number of nitrogens with two attached hydrogens (primary N) is 2. The molecule has 0 fully saturated rings. The van der Waals surface area contributed by atoms with E-state index in [4.69, 9.17) is 5.73 Å². The Labute approximate surface area is 145 Å². The lowest BCUT2D eigenvalue weighted by atomic mass is 10.1. The molecule has 0 aliphatic carbocycles. The lowest BCUT2D eigenvalue weighted by Gasteiger charge is -1.99.